The van der Waals surface area contributed by atoms with Crippen molar-refractivity contribution in [2.75, 3.05) is 51.3 Å². The average Bonchev–Trinajstić information content (AvgIpc) is 2.68. The molecule has 0 aliphatic carbocycles. The molecule has 0 saturated carbocycles. The van der Waals surface area contributed by atoms with Crippen LogP contribution in [0.5, 0.6) is 0 Å². The number of benzene rings is 1. The van der Waals surface area contributed by atoms with Gasteiger partial charge in [-0.15, -0.1) is 0 Å². The molecule has 1 aromatic rings. The molecule has 0 heterocycles. The summed E-state index contributed by atoms with van der Waals surface area (Å²) in [5.41, 5.74) is 0.714. The molecular weight excluding hydrogens is 725 g/mol. The predicted octanol–water partition coefficient (Wildman–Crippen LogP) is -0.535. The maximum atomic E-state index is 12.6. The summed E-state index contributed by atoms with van der Waals surface area (Å²) in [6.07, 6.45) is 0. The van der Waals surface area contributed by atoms with E-state index < -0.39 is 17.7 Å². The summed E-state index contributed by atoms with van der Waals surface area (Å²) in [5, 5.41) is 37.3. The summed E-state index contributed by atoms with van der Waals surface area (Å²) < 4.78 is 1.28. The lowest BCUT2D eigenvalue weighted by Crippen LogP contribution is -2.34. The Labute approximate surface area is 208 Å². The van der Waals surface area contributed by atoms with E-state index in [4.69, 9.17) is 15.3 Å². The van der Waals surface area contributed by atoms with Crippen molar-refractivity contribution in [3.63, 3.8) is 0 Å². The maximum absolute atomic E-state index is 12.6. The molecule has 162 valence electrons. The molecule has 0 aromatic heterocycles. The van der Waals surface area contributed by atoms with E-state index in [-0.39, 0.29) is 57.1 Å². The van der Waals surface area contributed by atoms with Gasteiger partial charge in [0, 0.05) is 23.2 Å². The van der Waals surface area contributed by atoms with Gasteiger partial charge in [-0.2, -0.15) is 0 Å². The van der Waals surface area contributed by atoms with Crippen LogP contribution >= 0.6 is 67.8 Å². The molecule has 10 nitrogen and oxygen atoms in total. The van der Waals surface area contributed by atoms with Gasteiger partial charge < -0.3 is 36.6 Å². The van der Waals surface area contributed by atoms with Gasteiger partial charge >= 0.3 is 0 Å². The van der Waals surface area contributed by atoms with Gasteiger partial charge in [0.25, 0.3) is 11.8 Å². The third-order valence-corrected chi connectivity index (χ3v) is 6.64. The van der Waals surface area contributed by atoms with Crippen molar-refractivity contribution in [3.05, 3.63) is 21.8 Å². The van der Waals surface area contributed by atoms with E-state index in [0.29, 0.717) is 16.4 Å². The van der Waals surface area contributed by atoms with Crippen molar-refractivity contribution in [1.29, 1.82) is 0 Å². The average molecular weight is 746 g/mol. The van der Waals surface area contributed by atoms with E-state index in [9.17, 15) is 14.4 Å². The molecule has 0 radical (unpaired) electrons. The first kappa shape index (κ1) is 26.7. The van der Waals surface area contributed by atoms with Gasteiger partial charge in [0.15, 0.2) is 0 Å². The first-order valence-corrected chi connectivity index (χ1v) is 11.6. The first-order chi connectivity index (χ1) is 13.8. The number of halogens is 3. The summed E-state index contributed by atoms with van der Waals surface area (Å²) in [4.78, 5) is 37.5. The number of hydrogen-bond acceptors (Lipinski definition) is 7. The molecule has 1 rings (SSSR count). The molecule has 0 atom stereocenters. The third kappa shape index (κ3) is 7.69. The van der Waals surface area contributed by atoms with Gasteiger partial charge in [0.2, 0.25) is 5.91 Å². The monoisotopic (exact) mass is 746 g/mol. The summed E-state index contributed by atoms with van der Waals surface area (Å²) >= 11 is 5.75. The Morgan fingerprint density at radius 3 is 1.59 bits per heavy atom. The van der Waals surface area contributed by atoms with Crippen LogP contribution in [0, 0.1) is 10.7 Å². The molecule has 0 spiro atoms. The fourth-order valence-corrected chi connectivity index (χ4v) is 6.57. The highest BCUT2D eigenvalue weighted by atomic mass is 127. The van der Waals surface area contributed by atoms with Crippen LogP contribution in [-0.2, 0) is 4.79 Å². The third-order valence-electron chi connectivity index (χ3n) is 3.40. The standard InChI is InChI=1S/C16H21I3N4O6/c17-11-9(15(28)21-2-5-25)12(18)14(23-8(27)7-20-1-4-24)13(19)10(11)16(29)22-3-6-26/h20,24-26H,1-7H2,(H,21,28)(H,22,29)(H,23,27). The summed E-state index contributed by atoms with van der Waals surface area (Å²) in [6.45, 7) is -0.336. The van der Waals surface area contributed by atoms with Crippen molar-refractivity contribution >= 4 is 91.2 Å². The lowest BCUT2D eigenvalue weighted by Gasteiger charge is -2.19. The highest BCUT2D eigenvalue weighted by Crippen LogP contribution is 2.35. The molecule has 3 amide bonds. The van der Waals surface area contributed by atoms with E-state index in [1.807, 2.05) is 67.8 Å². The molecule has 29 heavy (non-hydrogen) atoms. The SMILES string of the molecule is O=C(CNCCO)Nc1c(I)c(C(=O)NCCO)c(I)c(C(=O)NCCO)c1I. The second kappa shape index (κ2) is 13.9. The second-order valence-corrected chi connectivity index (χ2v) is 8.71. The molecule has 0 bridgehead atoms. The summed E-state index contributed by atoms with van der Waals surface area (Å²) in [5.74, 6) is -1.39. The van der Waals surface area contributed by atoms with Crippen molar-refractivity contribution in [1.82, 2.24) is 16.0 Å². The Bertz CT molecular complexity index is 716. The van der Waals surface area contributed by atoms with Crippen LogP contribution in [0.4, 0.5) is 5.69 Å². The molecule has 0 saturated heterocycles. The molecule has 7 N–H and O–H groups in total. The van der Waals surface area contributed by atoms with E-state index in [1.54, 1.807) is 0 Å². The normalized spacial score (nSPS) is 10.6. The zero-order chi connectivity index (χ0) is 22.0. The Balaban J connectivity index is 3.42. The fraction of sp³-hybridized carbons (Fsp3) is 0.438. The van der Waals surface area contributed by atoms with Crippen LogP contribution in [0.3, 0.4) is 0 Å². The first-order valence-electron chi connectivity index (χ1n) is 8.40. The number of anilines is 1. The Hall–Kier alpha value is -0.340. The Kier molecular flexibility index (Phi) is 12.8. The molecule has 0 aliphatic rings. The van der Waals surface area contributed by atoms with Gasteiger partial charge in [-0.05, 0) is 67.8 Å². The van der Waals surface area contributed by atoms with Crippen LogP contribution in [0.25, 0.3) is 0 Å². The van der Waals surface area contributed by atoms with E-state index >= 15 is 0 Å². The van der Waals surface area contributed by atoms with Gasteiger partial charge in [-0.1, -0.05) is 0 Å². The van der Waals surface area contributed by atoms with Crippen molar-refractivity contribution in [3.8, 4) is 0 Å². The second-order valence-electron chi connectivity index (χ2n) is 5.47. The topological polar surface area (TPSA) is 160 Å². The van der Waals surface area contributed by atoms with Crippen LogP contribution in [-0.4, -0.2) is 79.0 Å². The lowest BCUT2D eigenvalue weighted by molar-refractivity contribution is -0.115. The number of rotatable bonds is 11. The number of carbonyl (C=O) groups is 3. The highest BCUT2D eigenvalue weighted by Gasteiger charge is 2.28. The highest BCUT2D eigenvalue weighted by molar-refractivity contribution is 14.1. The van der Waals surface area contributed by atoms with Crippen LogP contribution in [0.1, 0.15) is 20.7 Å². The van der Waals surface area contributed by atoms with Crippen molar-refractivity contribution in [2.45, 2.75) is 0 Å². The minimum Gasteiger partial charge on any atom is -0.395 e. The van der Waals surface area contributed by atoms with E-state index in [1.165, 1.54) is 0 Å². The molecular formula is C16H21I3N4O6. The van der Waals surface area contributed by atoms with Crippen molar-refractivity contribution in [2.24, 2.45) is 0 Å². The van der Waals surface area contributed by atoms with Gasteiger partial charge in [0.1, 0.15) is 0 Å². The Morgan fingerprint density at radius 2 is 1.17 bits per heavy atom. The lowest BCUT2D eigenvalue weighted by atomic mass is 10.1. The van der Waals surface area contributed by atoms with E-state index in [2.05, 4.69) is 21.3 Å². The predicted molar refractivity (Wildman–Crippen MR) is 132 cm³/mol. The smallest absolute Gasteiger partial charge is 0.253 e. The molecule has 1 aromatic carbocycles. The zero-order valence-electron chi connectivity index (χ0n) is 15.2. The van der Waals surface area contributed by atoms with E-state index in [0.717, 1.165) is 0 Å². The number of aliphatic hydroxyl groups excluding tert-OH is 3. The molecule has 0 unspecified atom stereocenters. The summed E-state index contributed by atoms with van der Waals surface area (Å²) in [6, 6.07) is 0. The quantitative estimate of drug-likeness (QED) is 0.119. The number of carbonyl (C=O) groups excluding carboxylic acids is 3. The number of nitrogens with one attached hydrogen (secondary N) is 4. The zero-order valence-corrected chi connectivity index (χ0v) is 21.6. The maximum Gasteiger partial charge on any atom is 0.253 e. The number of amides is 3. The Morgan fingerprint density at radius 1 is 0.724 bits per heavy atom. The molecule has 0 fully saturated rings. The van der Waals surface area contributed by atoms with Crippen LogP contribution in [0.15, 0.2) is 0 Å². The number of hydrogen-bond donors (Lipinski definition) is 7. The minimum absolute atomic E-state index is 0.0375. The van der Waals surface area contributed by atoms with Crippen LogP contribution in [0.2, 0.25) is 0 Å². The fourth-order valence-electron chi connectivity index (χ4n) is 2.15. The molecule has 13 heteroatoms. The summed E-state index contributed by atoms with van der Waals surface area (Å²) in [7, 11) is 0. The molecule has 0 aliphatic heterocycles. The van der Waals surface area contributed by atoms with Gasteiger partial charge in [-0.3, -0.25) is 14.4 Å². The largest absolute Gasteiger partial charge is 0.395 e. The van der Waals surface area contributed by atoms with Crippen molar-refractivity contribution < 1.29 is 29.7 Å². The van der Waals surface area contributed by atoms with Gasteiger partial charge in [0.05, 0.1) is 50.3 Å². The van der Waals surface area contributed by atoms with Crippen LogP contribution < -0.4 is 21.3 Å². The van der Waals surface area contributed by atoms with Gasteiger partial charge in [-0.25, -0.2) is 0 Å². The minimum atomic E-state index is -0.491. The number of aliphatic hydroxyl groups is 3.